The van der Waals surface area contributed by atoms with Gasteiger partial charge >= 0.3 is 0 Å². The molecule has 5 heteroatoms. The Balaban J connectivity index is 0.00000200. The Morgan fingerprint density at radius 1 is 1.30 bits per heavy atom. The van der Waals surface area contributed by atoms with Gasteiger partial charge in [0.1, 0.15) is 0 Å². The van der Waals surface area contributed by atoms with Crippen LogP contribution in [0.1, 0.15) is 37.5 Å². The van der Waals surface area contributed by atoms with Crippen LogP contribution in [0.15, 0.2) is 22.5 Å². The smallest absolute Gasteiger partial charge is 0.191 e. The van der Waals surface area contributed by atoms with Gasteiger partial charge in [-0.25, -0.2) is 0 Å². The highest BCUT2D eigenvalue weighted by Crippen LogP contribution is 2.27. The number of rotatable bonds is 4. The summed E-state index contributed by atoms with van der Waals surface area (Å²) >= 11 is 1.78. The van der Waals surface area contributed by atoms with Crippen molar-refractivity contribution in [2.24, 2.45) is 16.8 Å². The average Bonchev–Trinajstić information content (AvgIpc) is 2.94. The lowest BCUT2D eigenvalue weighted by molar-refractivity contribution is 0.289. The van der Waals surface area contributed by atoms with Crippen molar-refractivity contribution in [2.45, 2.75) is 39.2 Å². The SMILES string of the molecule is CN=C(NCc1cccs1)NCC1CCC(C)CC1.I. The van der Waals surface area contributed by atoms with E-state index in [4.69, 9.17) is 0 Å². The lowest BCUT2D eigenvalue weighted by atomic mass is 9.83. The van der Waals surface area contributed by atoms with Gasteiger partial charge in [-0.05, 0) is 36.1 Å². The molecule has 3 nitrogen and oxygen atoms in total. The summed E-state index contributed by atoms with van der Waals surface area (Å²) < 4.78 is 0. The molecule has 20 heavy (non-hydrogen) atoms. The third kappa shape index (κ3) is 5.99. The van der Waals surface area contributed by atoms with E-state index >= 15 is 0 Å². The topological polar surface area (TPSA) is 36.4 Å². The van der Waals surface area contributed by atoms with Crippen molar-refractivity contribution >= 4 is 41.3 Å². The Morgan fingerprint density at radius 3 is 2.65 bits per heavy atom. The molecule has 1 aromatic heterocycles. The summed E-state index contributed by atoms with van der Waals surface area (Å²) in [7, 11) is 1.84. The fourth-order valence-corrected chi connectivity index (χ4v) is 3.22. The van der Waals surface area contributed by atoms with E-state index in [9.17, 15) is 0 Å². The van der Waals surface area contributed by atoms with E-state index < -0.39 is 0 Å². The van der Waals surface area contributed by atoms with Crippen LogP contribution in [0.3, 0.4) is 0 Å². The van der Waals surface area contributed by atoms with Gasteiger partial charge < -0.3 is 10.6 Å². The number of nitrogens with one attached hydrogen (secondary N) is 2. The van der Waals surface area contributed by atoms with Crippen LogP contribution in [0.4, 0.5) is 0 Å². The van der Waals surface area contributed by atoms with Gasteiger partial charge in [-0.2, -0.15) is 0 Å². The third-order valence-corrected chi connectivity index (χ3v) is 4.80. The second-order valence-corrected chi connectivity index (χ2v) is 6.54. The molecule has 1 fully saturated rings. The van der Waals surface area contributed by atoms with Crippen LogP contribution in [0.5, 0.6) is 0 Å². The zero-order valence-corrected chi connectivity index (χ0v) is 15.5. The van der Waals surface area contributed by atoms with Crippen molar-refractivity contribution in [1.29, 1.82) is 0 Å². The Morgan fingerprint density at radius 2 is 2.05 bits per heavy atom. The molecule has 0 unspecified atom stereocenters. The van der Waals surface area contributed by atoms with Crippen LogP contribution in [-0.2, 0) is 6.54 Å². The second-order valence-electron chi connectivity index (χ2n) is 5.51. The molecule has 114 valence electrons. The minimum Gasteiger partial charge on any atom is -0.356 e. The van der Waals surface area contributed by atoms with Crippen LogP contribution in [0, 0.1) is 11.8 Å². The van der Waals surface area contributed by atoms with Crippen molar-refractivity contribution < 1.29 is 0 Å². The van der Waals surface area contributed by atoms with Crippen molar-refractivity contribution in [3.63, 3.8) is 0 Å². The van der Waals surface area contributed by atoms with Crippen LogP contribution in [0.25, 0.3) is 0 Å². The van der Waals surface area contributed by atoms with E-state index in [1.807, 2.05) is 7.05 Å². The van der Waals surface area contributed by atoms with Crippen molar-refractivity contribution in [1.82, 2.24) is 10.6 Å². The van der Waals surface area contributed by atoms with Crippen LogP contribution < -0.4 is 10.6 Å². The standard InChI is InChI=1S/C15H25N3S.HI/c1-12-5-7-13(8-6-12)10-17-15(16-2)18-11-14-4-3-9-19-14;/h3-4,9,12-13H,5-8,10-11H2,1-2H3,(H2,16,17,18);1H. The molecule has 2 N–H and O–H groups in total. The number of thiophene rings is 1. The van der Waals surface area contributed by atoms with Crippen molar-refractivity contribution in [3.8, 4) is 0 Å². The van der Waals surface area contributed by atoms with Gasteiger partial charge in [0.25, 0.3) is 0 Å². The van der Waals surface area contributed by atoms with Gasteiger partial charge in [-0.1, -0.05) is 25.8 Å². The van der Waals surface area contributed by atoms with Crippen molar-refractivity contribution in [3.05, 3.63) is 22.4 Å². The monoisotopic (exact) mass is 407 g/mol. The molecular formula is C15H26IN3S. The molecule has 2 rings (SSSR count). The third-order valence-electron chi connectivity index (χ3n) is 3.93. The molecule has 1 aliphatic rings. The van der Waals surface area contributed by atoms with Gasteiger partial charge in [0.2, 0.25) is 0 Å². The predicted octanol–water partition coefficient (Wildman–Crippen LogP) is 3.86. The fourth-order valence-electron chi connectivity index (χ4n) is 2.58. The number of guanidine groups is 1. The molecule has 1 saturated carbocycles. The van der Waals surface area contributed by atoms with Crippen LogP contribution in [-0.4, -0.2) is 19.6 Å². The summed E-state index contributed by atoms with van der Waals surface area (Å²) in [6, 6.07) is 4.23. The summed E-state index contributed by atoms with van der Waals surface area (Å²) in [5.74, 6) is 2.66. The molecule has 1 aliphatic carbocycles. The molecule has 0 bridgehead atoms. The van der Waals surface area contributed by atoms with E-state index in [1.165, 1.54) is 30.6 Å². The van der Waals surface area contributed by atoms with E-state index in [-0.39, 0.29) is 24.0 Å². The zero-order valence-electron chi connectivity index (χ0n) is 12.4. The Labute approximate surface area is 143 Å². The number of halogens is 1. The highest BCUT2D eigenvalue weighted by Gasteiger charge is 2.18. The quantitative estimate of drug-likeness (QED) is 0.452. The van der Waals surface area contributed by atoms with E-state index in [0.717, 1.165) is 30.9 Å². The summed E-state index contributed by atoms with van der Waals surface area (Å²) in [5.41, 5.74) is 0. The van der Waals surface area contributed by atoms with Gasteiger partial charge in [-0.3, -0.25) is 4.99 Å². The highest BCUT2D eigenvalue weighted by atomic mass is 127. The summed E-state index contributed by atoms with van der Waals surface area (Å²) in [6.45, 7) is 4.28. The number of hydrogen-bond acceptors (Lipinski definition) is 2. The van der Waals surface area contributed by atoms with Gasteiger partial charge in [-0.15, -0.1) is 35.3 Å². The largest absolute Gasteiger partial charge is 0.356 e. The maximum absolute atomic E-state index is 4.29. The lowest BCUT2D eigenvalue weighted by Crippen LogP contribution is -2.39. The average molecular weight is 407 g/mol. The molecule has 0 saturated heterocycles. The van der Waals surface area contributed by atoms with Gasteiger partial charge in [0.15, 0.2) is 5.96 Å². The van der Waals surface area contributed by atoms with Gasteiger partial charge in [0, 0.05) is 18.5 Å². The van der Waals surface area contributed by atoms with Crippen molar-refractivity contribution in [2.75, 3.05) is 13.6 Å². The maximum atomic E-state index is 4.29. The molecule has 0 radical (unpaired) electrons. The zero-order chi connectivity index (χ0) is 13.5. The maximum Gasteiger partial charge on any atom is 0.191 e. The molecule has 0 atom stereocenters. The lowest BCUT2D eigenvalue weighted by Gasteiger charge is -2.26. The molecule has 0 aromatic carbocycles. The predicted molar refractivity (Wildman–Crippen MR) is 99.1 cm³/mol. The highest BCUT2D eigenvalue weighted by molar-refractivity contribution is 14.0. The van der Waals surface area contributed by atoms with Crippen LogP contribution >= 0.6 is 35.3 Å². The Kier molecular flexibility index (Phi) is 8.52. The molecule has 1 aromatic rings. The fraction of sp³-hybridized carbons (Fsp3) is 0.667. The van der Waals surface area contributed by atoms with E-state index in [1.54, 1.807) is 11.3 Å². The first-order valence-electron chi connectivity index (χ1n) is 7.25. The molecule has 1 heterocycles. The Bertz CT molecular complexity index is 384. The van der Waals surface area contributed by atoms with E-state index in [2.05, 4.69) is 40.1 Å². The number of hydrogen-bond donors (Lipinski definition) is 2. The summed E-state index contributed by atoms with van der Waals surface area (Å²) in [5, 5.41) is 8.94. The minimum absolute atomic E-state index is 0. The molecule has 0 spiro atoms. The molecular weight excluding hydrogens is 381 g/mol. The molecule has 0 aliphatic heterocycles. The van der Waals surface area contributed by atoms with E-state index in [0.29, 0.717) is 0 Å². The molecule has 0 amide bonds. The number of nitrogens with zero attached hydrogens (tertiary/aromatic N) is 1. The minimum atomic E-state index is 0. The second kappa shape index (κ2) is 9.60. The van der Waals surface area contributed by atoms with Gasteiger partial charge in [0.05, 0.1) is 6.54 Å². The first-order chi connectivity index (χ1) is 9.28. The summed E-state index contributed by atoms with van der Waals surface area (Å²) in [6.07, 6.45) is 5.48. The Hall–Kier alpha value is -0.300. The summed E-state index contributed by atoms with van der Waals surface area (Å²) in [4.78, 5) is 5.63. The normalized spacial score (nSPS) is 23.0. The first kappa shape index (κ1) is 17.8. The van der Waals surface area contributed by atoms with Crippen LogP contribution in [0.2, 0.25) is 0 Å². The number of aliphatic imine (C=N–C) groups is 1. The first-order valence-corrected chi connectivity index (χ1v) is 8.12.